The van der Waals surface area contributed by atoms with E-state index in [4.69, 9.17) is 5.73 Å². The largest absolute Gasteiger partial charge is 0.383 e. The van der Waals surface area contributed by atoms with Crippen molar-refractivity contribution >= 4 is 11.6 Å². The molecule has 0 saturated carbocycles. The summed E-state index contributed by atoms with van der Waals surface area (Å²) in [4.78, 5) is 19.9. The number of carbonyl (C=O) groups is 1. The van der Waals surface area contributed by atoms with E-state index in [9.17, 15) is 9.18 Å². The van der Waals surface area contributed by atoms with E-state index in [1.54, 1.807) is 29.1 Å². The molecule has 0 aliphatic carbocycles. The molecular weight excluding hydrogens is 285 g/mol. The van der Waals surface area contributed by atoms with Crippen molar-refractivity contribution in [2.24, 2.45) is 0 Å². The third-order valence-corrected chi connectivity index (χ3v) is 3.09. The van der Waals surface area contributed by atoms with Gasteiger partial charge >= 0.3 is 0 Å². The standard InChI is InChI=1S/C15H12FN5O/c16-11-3-1-2-10(6-11)8-21-5-4-13(20-21)14(22)12-7-18-9-19-15(12)17/h1-7,9H,8H2,(H2,17,18,19). The summed E-state index contributed by atoms with van der Waals surface area (Å²) in [5.74, 6) is -0.550. The van der Waals surface area contributed by atoms with Gasteiger partial charge in [-0.2, -0.15) is 5.10 Å². The van der Waals surface area contributed by atoms with Gasteiger partial charge in [-0.3, -0.25) is 9.48 Å². The lowest BCUT2D eigenvalue weighted by Crippen LogP contribution is -2.09. The molecule has 0 unspecified atom stereocenters. The van der Waals surface area contributed by atoms with Gasteiger partial charge in [0, 0.05) is 12.4 Å². The van der Waals surface area contributed by atoms with Crippen LogP contribution in [0.3, 0.4) is 0 Å². The minimum Gasteiger partial charge on any atom is -0.383 e. The van der Waals surface area contributed by atoms with Gasteiger partial charge in [0.25, 0.3) is 0 Å². The van der Waals surface area contributed by atoms with Gasteiger partial charge in [-0.1, -0.05) is 12.1 Å². The number of hydrogen-bond acceptors (Lipinski definition) is 5. The van der Waals surface area contributed by atoms with Crippen LogP contribution < -0.4 is 5.73 Å². The molecule has 0 bridgehead atoms. The fourth-order valence-electron chi connectivity index (χ4n) is 2.05. The normalized spacial score (nSPS) is 10.6. The highest BCUT2D eigenvalue weighted by molar-refractivity contribution is 6.10. The summed E-state index contributed by atoms with van der Waals surface area (Å²) in [6.45, 7) is 0.367. The Balaban J connectivity index is 1.82. The molecule has 2 N–H and O–H groups in total. The number of nitrogens with zero attached hydrogens (tertiary/aromatic N) is 4. The van der Waals surface area contributed by atoms with Gasteiger partial charge in [-0.25, -0.2) is 14.4 Å². The van der Waals surface area contributed by atoms with E-state index in [1.807, 2.05) is 0 Å². The summed E-state index contributed by atoms with van der Waals surface area (Å²) < 4.78 is 14.7. The third kappa shape index (κ3) is 2.83. The quantitative estimate of drug-likeness (QED) is 0.740. The molecule has 0 atom stereocenters. The van der Waals surface area contributed by atoms with Crippen molar-refractivity contribution in [3.05, 3.63) is 71.7 Å². The summed E-state index contributed by atoms with van der Waals surface area (Å²) >= 11 is 0. The summed E-state index contributed by atoms with van der Waals surface area (Å²) in [5, 5.41) is 4.19. The highest BCUT2D eigenvalue weighted by atomic mass is 19.1. The van der Waals surface area contributed by atoms with Crippen molar-refractivity contribution in [3.8, 4) is 0 Å². The second kappa shape index (κ2) is 5.72. The van der Waals surface area contributed by atoms with Crippen LogP contribution in [0.5, 0.6) is 0 Å². The average molecular weight is 297 g/mol. The molecule has 22 heavy (non-hydrogen) atoms. The van der Waals surface area contributed by atoms with Gasteiger partial charge in [0.05, 0.1) is 12.1 Å². The van der Waals surface area contributed by atoms with E-state index in [1.165, 1.54) is 24.7 Å². The fraction of sp³-hybridized carbons (Fsp3) is 0.0667. The Kier molecular flexibility index (Phi) is 3.61. The van der Waals surface area contributed by atoms with Crippen LogP contribution in [0, 0.1) is 5.82 Å². The first-order chi connectivity index (χ1) is 10.6. The number of halogens is 1. The maximum absolute atomic E-state index is 13.2. The number of nitrogen functional groups attached to an aromatic ring is 1. The zero-order valence-electron chi connectivity index (χ0n) is 11.5. The first-order valence-electron chi connectivity index (χ1n) is 6.51. The molecule has 0 aliphatic heterocycles. The first kappa shape index (κ1) is 13.9. The maximum Gasteiger partial charge on any atom is 0.218 e. The van der Waals surface area contributed by atoms with Crippen molar-refractivity contribution in [2.45, 2.75) is 6.54 Å². The smallest absolute Gasteiger partial charge is 0.218 e. The molecular formula is C15H12FN5O. The summed E-state index contributed by atoms with van der Waals surface area (Å²) in [6.07, 6.45) is 4.28. The number of anilines is 1. The number of ketones is 1. The van der Waals surface area contributed by atoms with Crippen molar-refractivity contribution in [1.29, 1.82) is 0 Å². The van der Waals surface area contributed by atoms with Crippen LogP contribution in [-0.2, 0) is 6.54 Å². The van der Waals surface area contributed by atoms with Crippen molar-refractivity contribution in [2.75, 3.05) is 5.73 Å². The third-order valence-electron chi connectivity index (χ3n) is 3.09. The zero-order chi connectivity index (χ0) is 15.5. The lowest BCUT2D eigenvalue weighted by Gasteiger charge is -2.02. The van der Waals surface area contributed by atoms with E-state index in [0.717, 1.165) is 5.56 Å². The molecule has 0 radical (unpaired) electrons. The minimum absolute atomic E-state index is 0.111. The average Bonchev–Trinajstić information content (AvgIpc) is 2.95. The Bertz CT molecular complexity index is 830. The Hall–Kier alpha value is -3.09. The van der Waals surface area contributed by atoms with Crippen LogP contribution in [0.1, 0.15) is 21.6 Å². The predicted molar refractivity (Wildman–Crippen MR) is 77.6 cm³/mol. The molecule has 0 spiro atoms. The molecule has 0 amide bonds. The van der Waals surface area contributed by atoms with Crippen LogP contribution in [0.2, 0.25) is 0 Å². The number of hydrogen-bond donors (Lipinski definition) is 1. The van der Waals surface area contributed by atoms with Gasteiger partial charge in [-0.05, 0) is 23.8 Å². The SMILES string of the molecule is Nc1ncncc1C(=O)c1ccn(Cc2cccc(F)c2)n1. The highest BCUT2D eigenvalue weighted by Crippen LogP contribution is 2.12. The molecule has 0 aliphatic rings. The fourth-order valence-corrected chi connectivity index (χ4v) is 2.05. The van der Waals surface area contributed by atoms with E-state index < -0.39 is 0 Å². The predicted octanol–water partition coefficient (Wildman–Crippen LogP) is 1.67. The molecule has 3 aromatic rings. The van der Waals surface area contributed by atoms with Gasteiger partial charge in [-0.15, -0.1) is 0 Å². The number of nitrogens with two attached hydrogens (primary N) is 1. The minimum atomic E-state index is -0.351. The molecule has 0 saturated heterocycles. The van der Waals surface area contributed by atoms with Gasteiger partial charge in [0.1, 0.15) is 23.7 Å². The molecule has 2 aromatic heterocycles. The van der Waals surface area contributed by atoms with Crippen LogP contribution in [0.25, 0.3) is 0 Å². The van der Waals surface area contributed by atoms with E-state index in [0.29, 0.717) is 6.54 Å². The molecule has 6 nitrogen and oxygen atoms in total. The summed E-state index contributed by atoms with van der Waals surface area (Å²) in [6, 6.07) is 7.79. The molecule has 0 fully saturated rings. The molecule has 2 heterocycles. The maximum atomic E-state index is 13.2. The Morgan fingerprint density at radius 3 is 2.95 bits per heavy atom. The zero-order valence-corrected chi connectivity index (χ0v) is 11.5. The molecule has 110 valence electrons. The molecule has 1 aromatic carbocycles. The Labute approximate surface area is 125 Å². The lowest BCUT2D eigenvalue weighted by atomic mass is 10.1. The molecule has 3 rings (SSSR count). The Morgan fingerprint density at radius 2 is 2.18 bits per heavy atom. The highest BCUT2D eigenvalue weighted by Gasteiger charge is 2.16. The second-order valence-electron chi connectivity index (χ2n) is 4.68. The first-order valence-corrected chi connectivity index (χ1v) is 6.51. The van der Waals surface area contributed by atoms with Gasteiger partial charge in [0.15, 0.2) is 0 Å². The summed E-state index contributed by atoms with van der Waals surface area (Å²) in [5.41, 5.74) is 6.85. The van der Waals surface area contributed by atoms with E-state index >= 15 is 0 Å². The van der Waals surface area contributed by atoms with E-state index in [-0.39, 0.29) is 28.7 Å². The van der Waals surface area contributed by atoms with Crippen molar-refractivity contribution < 1.29 is 9.18 Å². The molecule has 7 heteroatoms. The van der Waals surface area contributed by atoms with Crippen LogP contribution in [0.4, 0.5) is 10.2 Å². The topological polar surface area (TPSA) is 86.7 Å². The van der Waals surface area contributed by atoms with Crippen LogP contribution >= 0.6 is 0 Å². The van der Waals surface area contributed by atoms with Crippen LogP contribution in [0.15, 0.2) is 49.1 Å². The number of rotatable bonds is 4. The van der Waals surface area contributed by atoms with Crippen molar-refractivity contribution in [1.82, 2.24) is 19.7 Å². The number of benzene rings is 1. The second-order valence-corrected chi connectivity index (χ2v) is 4.68. The van der Waals surface area contributed by atoms with E-state index in [2.05, 4.69) is 15.1 Å². The van der Waals surface area contributed by atoms with Gasteiger partial charge in [0.2, 0.25) is 5.78 Å². The number of carbonyl (C=O) groups excluding carboxylic acids is 1. The van der Waals surface area contributed by atoms with Crippen molar-refractivity contribution in [3.63, 3.8) is 0 Å². The van der Waals surface area contributed by atoms with Gasteiger partial charge < -0.3 is 5.73 Å². The number of aromatic nitrogens is 4. The summed E-state index contributed by atoms with van der Waals surface area (Å²) in [7, 11) is 0. The Morgan fingerprint density at radius 1 is 1.32 bits per heavy atom. The lowest BCUT2D eigenvalue weighted by molar-refractivity contribution is 0.103. The monoisotopic (exact) mass is 297 g/mol. The van der Waals surface area contributed by atoms with Crippen LogP contribution in [-0.4, -0.2) is 25.5 Å².